The van der Waals surface area contributed by atoms with E-state index in [1.807, 2.05) is 23.5 Å². The van der Waals surface area contributed by atoms with Gasteiger partial charge in [-0.25, -0.2) is 4.79 Å². The molecule has 5 heteroatoms. The van der Waals surface area contributed by atoms with Crippen molar-refractivity contribution in [2.45, 2.75) is 39.2 Å². The minimum atomic E-state index is -0.125. The summed E-state index contributed by atoms with van der Waals surface area (Å²) in [5, 5.41) is 7.97. The first kappa shape index (κ1) is 16.8. The first-order valence-electron chi connectivity index (χ1n) is 8.71. The molecule has 3 rings (SSSR count). The van der Waals surface area contributed by atoms with Gasteiger partial charge < -0.3 is 15.5 Å². The van der Waals surface area contributed by atoms with Crippen LogP contribution in [0.3, 0.4) is 0 Å². The topological polar surface area (TPSA) is 44.4 Å². The number of amides is 2. The number of nitrogens with zero attached hydrogens (tertiary/aromatic N) is 1. The third kappa shape index (κ3) is 4.29. The molecule has 128 valence electrons. The van der Waals surface area contributed by atoms with Crippen LogP contribution in [0.4, 0.5) is 16.2 Å². The number of hydrogen-bond donors (Lipinski definition) is 2. The van der Waals surface area contributed by atoms with Gasteiger partial charge in [0.1, 0.15) is 0 Å². The maximum Gasteiger partial charge on any atom is 0.319 e. The van der Waals surface area contributed by atoms with E-state index in [2.05, 4.69) is 46.0 Å². The highest BCUT2D eigenvalue weighted by molar-refractivity contribution is 7.10. The summed E-state index contributed by atoms with van der Waals surface area (Å²) >= 11 is 1.86. The standard InChI is InChI=1S/C19H25N3OS/c1-2-3-4-11-20-19(23)21-16-5-7-17(8-6-16)22-12-9-18-15(14-22)10-13-24-18/h5-8,10,13H,2-4,9,11-12,14H2,1H3,(H2,20,21,23). The van der Waals surface area contributed by atoms with E-state index >= 15 is 0 Å². The van der Waals surface area contributed by atoms with Crippen molar-refractivity contribution in [1.82, 2.24) is 5.32 Å². The molecule has 0 atom stereocenters. The number of carbonyl (C=O) groups is 1. The molecule has 2 heterocycles. The molecule has 1 aliphatic heterocycles. The van der Waals surface area contributed by atoms with Gasteiger partial charge in [0.15, 0.2) is 0 Å². The van der Waals surface area contributed by atoms with E-state index < -0.39 is 0 Å². The van der Waals surface area contributed by atoms with Crippen molar-refractivity contribution in [2.75, 3.05) is 23.3 Å². The number of urea groups is 1. The number of fused-ring (bicyclic) bond motifs is 1. The fraction of sp³-hybridized carbons (Fsp3) is 0.421. The summed E-state index contributed by atoms with van der Waals surface area (Å²) in [6.45, 7) is 4.92. The van der Waals surface area contributed by atoms with Crippen LogP contribution in [-0.4, -0.2) is 19.1 Å². The Bertz CT molecular complexity index is 666. The summed E-state index contributed by atoms with van der Waals surface area (Å²) in [5.41, 5.74) is 3.49. The molecule has 0 fully saturated rings. The van der Waals surface area contributed by atoms with Crippen LogP contribution in [0.15, 0.2) is 35.7 Å². The normalized spacial score (nSPS) is 13.5. The molecule has 0 saturated heterocycles. The Morgan fingerprint density at radius 2 is 2.04 bits per heavy atom. The summed E-state index contributed by atoms with van der Waals surface area (Å²) in [6, 6.07) is 10.2. The fourth-order valence-corrected chi connectivity index (χ4v) is 3.87. The second-order valence-electron chi connectivity index (χ2n) is 6.18. The molecule has 1 aromatic carbocycles. The van der Waals surface area contributed by atoms with Crippen LogP contribution in [0, 0.1) is 0 Å². The molecule has 0 unspecified atom stereocenters. The van der Waals surface area contributed by atoms with E-state index in [1.54, 1.807) is 0 Å². The average Bonchev–Trinajstić information content (AvgIpc) is 3.07. The van der Waals surface area contributed by atoms with E-state index in [9.17, 15) is 4.79 Å². The first-order valence-corrected chi connectivity index (χ1v) is 9.59. The number of hydrogen-bond acceptors (Lipinski definition) is 3. The van der Waals surface area contributed by atoms with Crippen LogP contribution < -0.4 is 15.5 Å². The summed E-state index contributed by atoms with van der Waals surface area (Å²) < 4.78 is 0. The highest BCUT2D eigenvalue weighted by atomic mass is 32.1. The zero-order valence-corrected chi connectivity index (χ0v) is 15.0. The molecule has 1 aliphatic rings. The van der Waals surface area contributed by atoms with Crippen molar-refractivity contribution in [2.24, 2.45) is 0 Å². The van der Waals surface area contributed by atoms with E-state index in [1.165, 1.54) is 16.1 Å². The SMILES string of the molecule is CCCCCNC(=O)Nc1ccc(N2CCc3sccc3C2)cc1. The van der Waals surface area contributed by atoms with Crippen molar-refractivity contribution in [3.05, 3.63) is 46.2 Å². The molecule has 0 radical (unpaired) electrons. The molecule has 2 N–H and O–H groups in total. The predicted molar refractivity (Wildman–Crippen MR) is 102 cm³/mol. The number of unbranched alkanes of at least 4 members (excludes halogenated alkanes) is 2. The van der Waals surface area contributed by atoms with Gasteiger partial charge in [-0.3, -0.25) is 0 Å². The molecule has 24 heavy (non-hydrogen) atoms. The third-order valence-electron chi connectivity index (χ3n) is 4.36. The smallest absolute Gasteiger partial charge is 0.319 e. The summed E-state index contributed by atoms with van der Waals surface area (Å²) in [7, 11) is 0. The summed E-state index contributed by atoms with van der Waals surface area (Å²) in [5.74, 6) is 0. The molecule has 0 bridgehead atoms. The van der Waals surface area contributed by atoms with Crippen LogP contribution in [0.1, 0.15) is 36.6 Å². The summed E-state index contributed by atoms with van der Waals surface area (Å²) in [6.07, 6.45) is 4.46. The van der Waals surface area contributed by atoms with Gasteiger partial charge >= 0.3 is 6.03 Å². The van der Waals surface area contributed by atoms with Crippen molar-refractivity contribution in [1.29, 1.82) is 0 Å². The Labute approximate surface area is 147 Å². The van der Waals surface area contributed by atoms with Gasteiger partial charge in [-0.1, -0.05) is 19.8 Å². The quantitative estimate of drug-likeness (QED) is 0.752. The van der Waals surface area contributed by atoms with Crippen LogP contribution in [-0.2, 0) is 13.0 Å². The van der Waals surface area contributed by atoms with Crippen molar-refractivity contribution >= 4 is 28.7 Å². The summed E-state index contributed by atoms with van der Waals surface area (Å²) in [4.78, 5) is 15.7. The Hall–Kier alpha value is -2.01. The predicted octanol–water partition coefficient (Wildman–Crippen LogP) is 4.62. The van der Waals surface area contributed by atoms with Gasteiger partial charge in [-0.05, 0) is 54.1 Å². The van der Waals surface area contributed by atoms with Crippen molar-refractivity contribution in [3.63, 3.8) is 0 Å². The number of nitrogens with one attached hydrogen (secondary N) is 2. The molecular weight excluding hydrogens is 318 g/mol. The van der Waals surface area contributed by atoms with Gasteiger partial charge in [-0.2, -0.15) is 0 Å². The minimum absolute atomic E-state index is 0.125. The van der Waals surface area contributed by atoms with Crippen LogP contribution >= 0.6 is 11.3 Å². The molecule has 4 nitrogen and oxygen atoms in total. The van der Waals surface area contributed by atoms with E-state index in [0.717, 1.165) is 51.0 Å². The molecule has 0 saturated carbocycles. The molecule has 0 aliphatic carbocycles. The van der Waals surface area contributed by atoms with Crippen LogP contribution in [0.2, 0.25) is 0 Å². The Kier molecular flexibility index (Phi) is 5.75. The molecule has 2 aromatic rings. The first-order chi connectivity index (χ1) is 11.8. The number of anilines is 2. The van der Waals surface area contributed by atoms with Crippen LogP contribution in [0.25, 0.3) is 0 Å². The van der Waals surface area contributed by atoms with E-state index in [0.29, 0.717) is 0 Å². The Morgan fingerprint density at radius 1 is 1.21 bits per heavy atom. The van der Waals surface area contributed by atoms with Gasteiger partial charge in [0.2, 0.25) is 0 Å². The lowest BCUT2D eigenvalue weighted by molar-refractivity contribution is 0.252. The number of rotatable bonds is 6. The lowest BCUT2D eigenvalue weighted by atomic mass is 10.1. The van der Waals surface area contributed by atoms with E-state index in [4.69, 9.17) is 0 Å². The molecule has 2 amide bonds. The van der Waals surface area contributed by atoms with Gasteiger partial charge in [0, 0.05) is 35.9 Å². The number of thiophene rings is 1. The third-order valence-corrected chi connectivity index (χ3v) is 5.39. The van der Waals surface area contributed by atoms with Gasteiger partial charge in [0.25, 0.3) is 0 Å². The lowest BCUT2D eigenvalue weighted by Crippen LogP contribution is -2.30. The maximum absolute atomic E-state index is 11.8. The minimum Gasteiger partial charge on any atom is -0.367 e. The molecular formula is C19H25N3OS. The second-order valence-corrected chi connectivity index (χ2v) is 7.18. The maximum atomic E-state index is 11.8. The average molecular weight is 343 g/mol. The Balaban J connectivity index is 1.51. The zero-order valence-electron chi connectivity index (χ0n) is 14.2. The van der Waals surface area contributed by atoms with Gasteiger partial charge in [0.05, 0.1) is 0 Å². The lowest BCUT2D eigenvalue weighted by Gasteiger charge is -2.29. The van der Waals surface area contributed by atoms with Crippen molar-refractivity contribution < 1.29 is 4.79 Å². The number of carbonyl (C=O) groups excluding carboxylic acids is 1. The Morgan fingerprint density at radius 3 is 2.83 bits per heavy atom. The fourth-order valence-electron chi connectivity index (χ4n) is 2.98. The highest BCUT2D eigenvalue weighted by Gasteiger charge is 2.17. The molecule has 0 spiro atoms. The van der Waals surface area contributed by atoms with Gasteiger partial charge in [-0.15, -0.1) is 11.3 Å². The molecule has 1 aromatic heterocycles. The van der Waals surface area contributed by atoms with Crippen LogP contribution in [0.5, 0.6) is 0 Å². The number of benzene rings is 1. The second kappa shape index (κ2) is 8.20. The monoisotopic (exact) mass is 343 g/mol. The highest BCUT2D eigenvalue weighted by Crippen LogP contribution is 2.28. The zero-order chi connectivity index (χ0) is 16.8. The largest absolute Gasteiger partial charge is 0.367 e. The van der Waals surface area contributed by atoms with Crippen molar-refractivity contribution in [3.8, 4) is 0 Å². The van der Waals surface area contributed by atoms with E-state index in [-0.39, 0.29) is 6.03 Å².